The third-order valence-corrected chi connectivity index (χ3v) is 3.34. The second kappa shape index (κ2) is 13.3. The van der Waals surface area contributed by atoms with Crippen molar-refractivity contribution in [1.29, 1.82) is 0 Å². The van der Waals surface area contributed by atoms with E-state index in [1.807, 2.05) is 72.8 Å². The number of nitrogens with zero attached hydrogens (tertiary/aromatic N) is 2. The van der Waals surface area contributed by atoms with Gasteiger partial charge in [0, 0.05) is 12.4 Å². The van der Waals surface area contributed by atoms with E-state index in [0.717, 1.165) is 11.1 Å². The monoisotopic (exact) mass is 390 g/mol. The second-order valence-corrected chi connectivity index (χ2v) is 5.66. The Balaban J connectivity index is 1.55. The first-order valence-corrected chi connectivity index (χ1v) is 8.89. The summed E-state index contributed by atoms with van der Waals surface area (Å²) in [6.45, 7) is -0.574. The Morgan fingerprint density at radius 1 is 0.724 bits per heavy atom. The number of carbonyl (C=O) groups excluding carboxylic acids is 2. The van der Waals surface area contributed by atoms with Gasteiger partial charge in [-0.15, -0.1) is 0 Å². The lowest BCUT2D eigenvalue weighted by molar-refractivity contribution is -0.130. The first-order valence-electron chi connectivity index (χ1n) is 8.89. The van der Waals surface area contributed by atoms with Gasteiger partial charge in [0.2, 0.25) is 0 Å². The highest BCUT2D eigenvalue weighted by Gasteiger charge is 2.03. The van der Waals surface area contributed by atoms with Crippen molar-refractivity contribution < 1.29 is 14.3 Å². The number of nitrogens with one attached hydrogen (secondary N) is 2. The molecular weight excluding hydrogens is 368 g/mol. The quantitative estimate of drug-likeness (QED) is 0.482. The number of hydrogen-bond acceptors (Lipinski definition) is 5. The largest absolute Gasteiger partial charge is 0.362 e. The van der Waals surface area contributed by atoms with Gasteiger partial charge >= 0.3 is 0 Å². The highest BCUT2D eigenvalue weighted by atomic mass is 16.5. The molecule has 2 aromatic carbocycles. The zero-order valence-electron chi connectivity index (χ0n) is 15.8. The summed E-state index contributed by atoms with van der Waals surface area (Å²) in [7, 11) is 0. The van der Waals surface area contributed by atoms with Gasteiger partial charge in [0.05, 0.1) is 0 Å². The van der Waals surface area contributed by atoms with Crippen LogP contribution in [0.15, 0.2) is 83.0 Å². The van der Waals surface area contributed by atoms with E-state index < -0.39 is 11.8 Å². The van der Waals surface area contributed by atoms with E-state index in [1.165, 1.54) is 12.4 Å². The maximum atomic E-state index is 11.5. The number of ether oxygens (including phenoxy) is 1. The van der Waals surface area contributed by atoms with Gasteiger partial charge in [-0.25, -0.2) is 10.9 Å². The van der Waals surface area contributed by atoms with Crippen LogP contribution in [0.25, 0.3) is 12.2 Å². The van der Waals surface area contributed by atoms with E-state index in [4.69, 9.17) is 4.74 Å². The van der Waals surface area contributed by atoms with Crippen molar-refractivity contribution in [1.82, 2.24) is 10.9 Å². The minimum absolute atomic E-state index is 0.287. The summed E-state index contributed by atoms with van der Waals surface area (Å²) < 4.78 is 5.00. The van der Waals surface area contributed by atoms with Crippen LogP contribution in [-0.4, -0.2) is 37.5 Å². The minimum atomic E-state index is -0.462. The molecule has 0 aliphatic rings. The average Bonchev–Trinajstić information content (AvgIpc) is 2.75. The lowest BCUT2D eigenvalue weighted by Gasteiger charge is -2.01. The maximum Gasteiger partial charge on any atom is 0.266 e. The molecule has 148 valence electrons. The first-order chi connectivity index (χ1) is 14.2. The Bertz CT molecular complexity index is 802. The van der Waals surface area contributed by atoms with Crippen LogP contribution >= 0.6 is 0 Å². The number of hydrogen-bond donors (Lipinski definition) is 2. The normalized spacial score (nSPS) is 11.6. The van der Waals surface area contributed by atoms with Crippen LogP contribution in [0.5, 0.6) is 0 Å². The predicted octanol–water partition coefficient (Wildman–Crippen LogP) is 2.63. The molecule has 7 nitrogen and oxygen atoms in total. The maximum absolute atomic E-state index is 11.5. The minimum Gasteiger partial charge on any atom is -0.362 e. The SMILES string of the molecule is O=C(COCC(=O)N/N=C/C=Cc1ccccc1)N/N=C/C=Cc1ccccc1. The van der Waals surface area contributed by atoms with Crippen molar-refractivity contribution in [2.24, 2.45) is 10.2 Å². The fourth-order valence-electron chi connectivity index (χ4n) is 2.04. The van der Waals surface area contributed by atoms with Crippen LogP contribution in [0.3, 0.4) is 0 Å². The molecule has 2 rings (SSSR count). The van der Waals surface area contributed by atoms with Crippen molar-refractivity contribution in [3.8, 4) is 0 Å². The van der Waals surface area contributed by atoms with Crippen molar-refractivity contribution in [2.45, 2.75) is 0 Å². The summed E-state index contributed by atoms with van der Waals surface area (Å²) in [5.41, 5.74) is 6.66. The third-order valence-electron chi connectivity index (χ3n) is 3.34. The highest BCUT2D eigenvalue weighted by molar-refractivity contribution is 5.83. The van der Waals surface area contributed by atoms with Gasteiger partial charge in [-0.05, 0) is 23.3 Å². The zero-order valence-corrected chi connectivity index (χ0v) is 15.8. The van der Waals surface area contributed by atoms with Crippen molar-refractivity contribution >= 4 is 36.4 Å². The van der Waals surface area contributed by atoms with E-state index in [-0.39, 0.29) is 13.2 Å². The molecule has 0 fully saturated rings. The number of amides is 2. The Hall–Kier alpha value is -3.84. The van der Waals surface area contributed by atoms with Crippen LogP contribution in [-0.2, 0) is 14.3 Å². The molecule has 0 aromatic heterocycles. The molecule has 7 heteroatoms. The second-order valence-electron chi connectivity index (χ2n) is 5.66. The zero-order chi connectivity index (χ0) is 20.6. The molecule has 2 amide bonds. The molecule has 29 heavy (non-hydrogen) atoms. The number of hydrazone groups is 2. The molecule has 0 atom stereocenters. The molecule has 2 aromatic rings. The molecule has 0 unspecified atom stereocenters. The Kier molecular flexibility index (Phi) is 9.88. The van der Waals surface area contributed by atoms with E-state index in [2.05, 4.69) is 21.1 Å². The van der Waals surface area contributed by atoms with E-state index in [1.54, 1.807) is 12.2 Å². The Morgan fingerprint density at radius 3 is 1.55 bits per heavy atom. The lowest BCUT2D eigenvalue weighted by atomic mass is 10.2. The van der Waals surface area contributed by atoms with Gasteiger partial charge in [-0.3, -0.25) is 9.59 Å². The number of rotatable bonds is 10. The van der Waals surface area contributed by atoms with Gasteiger partial charge in [0.25, 0.3) is 11.8 Å². The smallest absolute Gasteiger partial charge is 0.266 e. The Labute approximate surface area is 169 Å². The van der Waals surface area contributed by atoms with Gasteiger partial charge in [0.1, 0.15) is 13.2 Å². The molecule has 0 radical (unpaired) electrons. The first kappa shape index (κ1) is 21.5. The molecule has 0 aliphatic carbocycles. The van der Waals surface area contributed by atoms with Crippen LogP contribution in [0.2, 0.25) is 0 Å². The molecule has 0 bridgehead atoms. The topological polar surface area (TPSA) is 92.2 Å². The average molecular weight is 390 g/mol. The van der Waals surface area contributed by atoms with Gasteiger partial charge in [0.15, 0.2) is 0 Å². The van der Waals surface area contributed by atoms with Gasteiger partial charge < -0.3 is 4.74 Å². The molecule has 0 saturated carbocycles. The molecule has 0 saturated heterocycles. The molecule has 0 spiro atoms. The standard InChI is InChI=1S/C22H22N4O3/c27-21(25-23-15-7-13-19-9-3-1-4-10-19)17-29-18-22(28)26-24-16-8-14-20-11-5-2-6-12-20/h1-16H,17-18H2,(H,25,27)(H,26,28)/b13-7?,14-8?,23-15+,24-16+. The van der Waals surface area contributed by atoms with Crippen LogP contribution in [0.1, 0.15) is 11.1 Å². The number of carbonyl (C=O) groups is 2. The van der Waals surface area contributed by atoms with Gasteiger partial charge in [-0.1, -0.05) is 72.8 Å². The summed E-state index contributed by atoms with van der Waals surface area (Å²) in [6.07, 6.45) is 10.0. The third kappa shape index (κ3) is 10.2. The summed E-state index contributed by atoms with van der Waals surface area (Å²) in [6, 6.07) is 19.4. The van der Waals surface area contributed by atoms with Crippen molar-refractivity contribution in [3.63, 3.8) is 0 Å². The van der Waals surface area contributed by atoms with Crippen LogP contribution in [0, 0.1) is 0 Å². The van der Waals surface area contributed by atoms with Crippen LogP contribution < -0.4 is 10.9 Å². The predicted molar refractivity (Wildman–Crippen MR) is 115 cm³/mol. The fraction of sp³-hybridized carbons (Fsp3) is 0.0909. The lowest BCUT2D eigenvalue weighted by Crippen LogP contribution is -2.28. The molecule has 2 N–H and O–H groups in total. The molecule has 0 heterocycles. The summed E-state index contributed by atoms with van der Waals surface area (Å²) >= 11 is 0. The van der Waals surface area contributed by atoms with E-state index in [0.29, 0.717) is 0 Å². The summed E-state index contributed by atoms with van der Waals surface area (Å²) in [4.78, 5) is 23.1. The molecule has 0 aliphatic heterocycles. The van der Waals surface area contributed by atoms with E-state index in [9.17, 15) is 9.59 Å². The summed E-state index contributed by atoms with van der Waals surface area (Å²) in [5.74, 6) is -0.923. The Morgan fingerprint density at radius 2 is 1.14 bits per heavy atom. The number of allylic oxidation sites excluding steroid dienone is 2. The molecular formula is C22H22N4O3. The van der Waals surface area contributed by atoms with Crippen molar-refractivity contribution in [3.05, 3.63) is 83.9 Å². The van der Waals surface area contributed by atoms with Crippen LogP contribution in [0.4, 0.5) is 0 Å². The highest BCUT2D eigenvalue weighted by Crippen LogP contribution is 2.00. The van der Waals surface area contributed by atoms with Gasteiger partial charge in [-0.2, -0.15) is 10.2 Å². The fourth-order valence-corrected chi connectivity index (χ4v) is 2.04. The summed E-state index contributed by atoms with van der Waals surface area (Å²) in [5, 5.41) is 7.51. The van der Waals surface area contributed by atoms with Crippen molar-refractivity contribution in [2.75, 3.05) is 13.2 Å². The number of benzene rings is 2. The van der Waals surface area contributed by atoms with E-state index >= 15 is 0 Å².